The van der Waals surface area contributed by atoms with E-state index in [-0.39, 0.29) is 24.6 Å². The number of rotatable bonds is 8. The van der Waals surface area contributed by atoms with Gasteiger partial charge in [-0.1, -0.05) is 5.92 Å². The van der Waals surface area contributed by atoms with Crippen LogP contribution < -0.4 is 10.6 Å². The van der Waals surface area contributed by atoms with Gasteiger partial charge >= 0.3 is 0 Å². The van der Waals surface area contributed by atoms with Crippen LogP contribution in [0.2, 0.25) is 0 Å². The Bertz CT molecular complexity index is 238. The summed E-state index contributed by atoms with van der Waals surface area (Å²) in [5.74, 6) is 2.23. The van der Waals surface area contributed by atoms with Crippen molar-refractivity contribution in [1.82, 2.24) is 10.6 Å². The highest BCUT2D eigenvalue weighted by atomic mass is 16.5. The van der Waals surface area contributed by atoms with Crippen LogP contribution in [0.1, 0.15) is 6.92 Å². The summed E-state index contributed by atoms with van der Waals surface area (Å²) in [4.78, 5) is 11.4. The minimum atomic E-state index is -0.303. The van der Waals surface area contributed by atoms with Crippen molar-refractivity contribution in [3.63, 3.8) is 0 Å². The van der Waals surface area contributed by atoms with Crippen molar-refractivity contribution in [2.75, 3.05) is 33.9 Å². The van der Waals surface area contributed by atoms with E-state index < -0.39 is 0 Å². The van der Waals surface area contributed by atoms with Crippen molar-refractivity contribution in [1.29, 1.82) is 0 Å². The Balaban J connectivity index is 3.82. The van der Waals surface area contributed by atoms with Gasteiger partial charge < -0.3 is 20.1 Å². The van der Waals surface area contributed by atoms with E-state index in [1.807, 2.05) is 0 Å². The van der Waals surface area contributed by atoms with Crippen LogP contribution in [-0.4, -0.2) is 52.0 Å². The highest BCUT2D eigenvalue weighted by molar-refractivity contribution is 5.81. The fraction of sp³-hybridized carbons (Fsp3) is 0.727. The third-order valence-electron chi connectivity index (χ3n) is 2.10. The molecular formula is C11H20N2O3. The molecule has 2 unspecified atom stereocenters. The number of nitrogens with one attached hydrogen (secondary N) is 2. The van der Waals surface area contributed by atoms with Crippen LogP contribution in [0.25, 0.3) is 0 Å². The second-order valence-corrected chi connectivity index (χ2v) is 3.36. The molecule has 0 bridgehead atoms. The summed E-state index contributed by atoms with van der Waals surface area (Å²) in [6.07, 6.45) is 4.98. The molecule has 92 valence electrons. The van der Waals surface area contributed by atoms with E-state index in [1.54, 1.807) is 21.1 Å². The molecule has 16 heavy (non-hydrogen) atoms. The van der Waals surface area contributed by atoms with Gasteiger partial charge in [0.2, 0.25) is 5.91 Å². The molecule has 5 nitrogen and oxygen atoms in total. The van der Waals surface area contributed by atoms with Crippen molar-refractivity contribution in [3.05, 3.63) is 0 Å². The summed E-state index contributed by atoms with van der Waals surface area (Å²) < 4.78 is 10.1. The van der Waals surface area contributed by atoms with Crippen LogP contribution in [0.4, 0.5) is 0 Å². The summed E-state index contributed by atoms with van der Waals surface area (Å²) in [6.45, 7) is 3.05. The summed E-state index contributed by atoms with van der Waals surface area (Å²) in [6, 6.07) is -0.303. The van der Waals surface area contributed by atoms with Gasteiger partial charge in [0.25, 0.3) is 0 Å². The SMILES string of the molecule is C#CCNC(=O)C(C)NCC(COC)OC. The van der Waals surface area contributed by atoms with Crippen LogP contribution in [0.3, 0.4) is 0 Å². The molecule has 0 radical (unpaired) electrons. The molecule has 0 aromatic heterocycles. The maximum Gasteiger partial charge on any atom is 0.237 e. The molecule has 2 N–H and O–H groups in total. The lowest BCUT2D eigenvalue weighted by Crippen LogP contribution is -2.45. The minimum Gasteiger partial charge on any atom is -0.382 e. The number of hydrogen-bond acceptors (Lipinski definition) is 4. The van der Waals surface area contributed by atoms with Gasteiger partial charge in [0.05, 0.1) is 25.3 Å². The standard InChI is InChI=1S/C11H20N2O3/c1-5-6-12-11(14)9(2)13-7-10(16-4)8-15-3/h1,9-10,13H,6-8H2,2-4H3,(H,12,14). The first-order valence-corrected chi connectivity index (χ1v) is 5.12. The molecular weight excluding hydrogens is 208 g/mol. The van der Waals surface area contributed by atoms with Crippen molar-refractivity contribution in [3.8, 4) is 12.3 Å². The Labute approximate surface area is 96.9 Å². The molecule has 2 atom stereocenters. The van der Waals surface area contributed by atoms with E-state index in [1.165, 1.54) is 0 Å². The van der Waals surface area contributed by atoms with E-state index >= 15 is 0 Å². The summed E-state index contributed by atoms with van der Waals surface area (Å²) in [5, 5.41) is 5.64. The Morgan fingerprint density at radius 3 is 2.69 bits per heavy atom. The first-order valence-electron chi connectivity index (χ1n) is 5.12. The Kier molecular flexibility index (Phi) is 8.53. The Morgan fingerprint density at radius 1 is 1.50 bits per heavy atom. The van der Waals surface area contributed by atoms with Crippen LogP contribution in [0, 0.1) is 12.3 Å². The number of methoxy groups -OCH3 is 2. The molecule has 0 spiro atoms. The Morgan fingerprint density at radius 2 is 2.19 bits per heavy atom. The Hall–Kier alpha value is -1.09. The molecule has 0 saturated heterocycles. The molecule has 0 fully saturated rings. The number of amides is 1. The summed E-state index contributed by atoms with van der Waals surface area (Å²) >= 11 is 0. The molecule has 0 rings (SSSR count). The topological polar surface area (TPSA) is 59.6 Å². The van der Waals surface area contributed by atoms with Crippen LogP contribution in [-0.2, 0) is 14.3 Å². The van der Waals surface area contributed by atoms with E-state index in [9.17, 15) is 4.79 Å². The average Bonchev–Trinajstić information content (AvgIpc) is 2.30. The summed E-state index contributed by atoms with van der Waals surface area (Å²) in [7, 11) is 3.21. The maximum absolute atomic E-state index is 11.4. The molecule has 0 aliphatic heterocycles. The molecule has 0 aliphatic rings. The second-order valence-electron chi connectivity index (χ2n) is 3.36. The van der Waals surface area contributed by atoms with Gasteiger partial charge in [0, 0.05) is 20.8 Å². The van der Waals surface area contributed by atoms with Crippen LogP contribution in [0.5, 0.6) is 0 Å². The van der Waals surface area contributed by atoms with Gasteiger partial charge in [-0.3, -0.25) is 4.79 Å². The smallest absolute Gasteiger partial charge is 0.237 e. The van der Waals surface area contributed by atoms with Crippen molar-refractivity contribution in [2.45, 2.75) is 19.1 Å². The van der Waals surface area contributed by atoms with Crippen LogP contribution in [0.15, 0.2) is 0 Å². The monoisotopic (exact) mass is 228 g/mol. The van der Waals surface area contributed by atoms with E-state index in [0.29, 0.717) is 13.2 Å². The zero-order valence-electron chi connectivity index (χ0n) is 10.1. The normalized spacial score (nSPS) is 13.9. The zero-order chi connectivity index (χ0) is 12.4. The quantitative estimate of drug-likeness (QED) is 0.543. The van der Waals surface area contributed by atoms with Gasteiger partial charge in [-0.25, -0.2) is 0 Å². The van der Waals surface area contributed by atoms with Crippen molar-refractivity contribution >= 4 is 5.91 Å². The molecule has 0 heterocycles. The first-order chi connectivity index (χ1) is 7.65. The molecule has 1 amide bonds. The van der Waals surface area contributed by atoms with Crippen LogP contribution >= 0.6 is 0 Å². The fourth-order valence-electron chi connectivity index (χ4n) is 1.09. The van der Waals surface area contributed by atoms with Crippen molar-refractivity contribution < 1.29 is 14.3 Å². The first kappa shape index (κ1) is 14.9. The highest BCUT2D eigenvalue weighted by Crippen LogP contribution is 1.90. The van der Waals surface area contributed by atoms with Gasteiger partial charge in [0.1, 0.15) is 0 Å². The number of hydrogen-bond donors (Lipinski definition) is 2. The lowest BCUT2D eigenvalue weighted by atomic mass is 10.3. The average molecular weight is 228 g/mol. The van der Waals surface area contributed by atoms with E-state index in [2.05, 4.69) is 16.6 Å². The van der Waals surface area contributed by atoms with Gasteiger partial charge in [-0.15, -0.1) is 6.42 Å². The lowest BCUT2D eigenvalue weighted by Gasteiger charge is -2.18. The van der Waals surface area contributed by atoms with Crippen molar-refractivity contribution in [2.24, 2.45) is 0 Å². The largest absolute Gasteiger partial charge is 0.382 e. The van der Waals surface area contributed by atoms with Gasteiger partial charge in [-0.05, 0) is 6.92 Å². The number of ether oxygens (including phenoxy) is 2. The maximum atomic E-state index is 11.4. The number of terminal acetylenes is 1. The van der Waals surface area contributed by atoms with Gasteiger partial charge in [0.15, 0.2) is 0 Å². The predicted octanol–water partition coefficient (Wildman–Crippen LogP) is -0.625. The number of carbonyl (C=O) groups excluding carboxylic acids is 1. The third-order valence-corrected chi connectivity index (χ3v) is 2.10. The molecule has 0 aromatic carbocycles. The van der Waals surface area contributed by atoms with E-state index in [4.69, 9.17) is 15.9 Å². The molecule has 5 heteroatoms. The predicted molar refractivity (Wildman–Crippen MR) is 62.0 cm³/mol. The number of carbonyl (C=O) groups is 1. The molecule has 0 saturated carbocycles. The lowest BCUT2D eigenvalue weighted by molar-refractivity contribution is -0.122. The van der Waals surface area contributed by atoms with Gasteiger partial charge in [-0.2, -0.15) is 0 Å². The second kappa shape index (κ2) is 9.16. The molecule has 0 aliphatic carbocycles. The third kappa shape index (κ3) is 6.40. The molecule has 0 aromatic rings. The summed E-state index contributed by atoms with van der Waals surface area (Å²) in [5.41, 5.74) is 0. The highest BCUT2D eigenvalue weighted by Gasteiger charge is 2.14. The zero-order valence-corrected chi connectivity index (χ0v) is 10.1. The minimum absolute atomic E-state index is 0.0621. The van der Waals surface area contributed by atoms with E-state index in [0.717, 1.165) is 0 Å². The fourth-order valence-corrected chi connectivity index (χ4v) is 1.09.